The number of benzene rings is 1. The first-order chi connectivity index (χ1) is 12.0. The molecule has 0 spiro atoms. The molecule has 1 aromatic heterocycles. The van der Waals surface area contributed by atoms with E-state index in [2.05, 4.69) is 52.9 Å². The molecule has 1 aromatic carbocycles. The molecule has 1 atom stereocenters. The fraction of sp³-hybridized carbons (Fsp3) is 0.500. The van der Waals surface area contributed by atoms with Crippen molar-refractivity contribution in [2.45, 2.75) is 62.1 Å². The van der Waals surface area contributed by atoms with E-state index < -0.39 is 0 Å². The standard InChI is InChI=1S/C18H24N4OS2/c1-11-8-9-15(12(2)10-11)20-17-21-22-18(25-17)24-13(3)16(23)19-14-6-4-5-7-14/h8-10,13-14H,4-7H2,1-3H3,(H,19,23)(H,20,21)/t13-/m1/s1. The van der Waals surface area contributed by atoms with Crippen molar-refractivity contribution in [3.8, 4) is 0 Å². The van der Waals surface area contributed by atoms with E-state index in [1.54, 1.807) is 0 Å². The molecule has 3 rings (SSSR count). The molecule has 0 bridgehead atoms. The maximum absolute atomic E-state index is 12.3. The first-order valence-corrected chi connectivity index (χ1v) is 10.4. The van der Waals surface area contributed by atoms with Gasteiger partial charge >= 0.3 is 0 Å². The molecule has 134 valence electrons. The van der Waals surface area contributed by atoms with Crippen molar-refractivity contribution in [1.82, 2.24) is 15.5 Å². The van der Waals surface area contributed by atoms with Crippen LogP contribution in [0.15, 0.2) is 22.5 Å². The van der Waals surface area contributed by atoms with Crippen molar-refractivity contribution >= 4 is 39.8 Å². The van der Waals surface area contributed by atoms with Crippen molar-refractivity contribution in [2.75, 3.05) is 5.32 Å². The Morgan fingerprint density at radius 2 is 2.04 bits per heavy atom. The average molecular weight is 377 g/mol. The molecule has 7 heteroatoms. The number of hydrogen-bond donors (Lipinski definition) is 2. The number of carbonyl (C=O) groups is 1. The summed E-state index contributed by atoms with van der Waals surface area (Å²) in [5.74, 6) is 0.0935. The fourth-order valence-corrected chi connectivity index (χ4v) is 4.89. The van der Waals surface area contributed by atoms with E-state index in [0.29, 0.717) is 6.04 Å². The van der Waals surface area contributed by atoms with Gasteiger partial charge in [0.15, 0.2) is 4.34 Å². The number of hydrogen-bond acceptors (Lipinski definition) is 6. The number of amides is 1. The summed E-state index contributed by atoms with van der Waals surface area (Å²) in [4.78, 5) is 12.3. The van der Waals surface area contributed by atoms with Crippen molar-refractivity contribution in [3.63, 3.8) is 0 Å². The van der Waals surface area contributed by atoms with Gasteiger partial charge in [0.25, 0.3) is 0 Å². The highest BCUT2D eigenvalue weighted by atomic mass is 32.2. The second-order valence-electron chi connectivity index (χ2n) is 6.57. The molecule has 1 aliphatic carbocycles. The molecule has 1 aliphatic rings. The number of nitrogens with one attached hydrogen (secondary N) is 2. The molecule has 1 amide bonds. The Balaban J connectivity index is 1.56. The van der Waals surface area contributed by atoms with Crippen LogP contribution in [0.25, 0.3) is 0 Å². The number of carbonyl (C=O) groups excluding carboxylic acids is 1. The zero-order valence-electron chi connectivity index (χ0n) is 14.8. The third-order valence-electron chi connectivity index (χ3n) is 4.38. The number of aryl methyl sites for hydroxylation is 2. The summed E-state index contributed by atoms with van der Waals surface area (Å²) in [5.41, 5.74) is 3.44. The van der Waals surface area contributed by atoms with Gasteiger partial charge in [-0.25, -0.2) is 0 Å². The van der Waals surface area contributed by atoms with Gasteiger partial charge in [0.05, 0.1) is 5.25 Å². The second-order valence-corrected chi connectivity index (χ2v) is 9.13. The Bertz CT molecular complexity index is 740. The van der Waals surface area contributed by atoms with E-state index in [1.807, 2.05) is 6.92 Å². The third-order valence-corrected chi connectivity index (χ3v) is 6.40. The molecule has 0 saturated heterocycles. The summed E-state index contributed by atoms with van der Waals surface area (Å²) in [6, 6.07) is 6.61. The van der Waals surface area contributed by atoms with Crippen LogP contribution >= 0.6 is 23.1 Å². The number of thioether (sulfide) groups is 1. The maximum Gasteiger partial charge on any atom is 0.233 e. The molecule has 0 unspecified atom stereocenters. The van der Waals surface area contributed by atoms with Crippen LogP contribution in [0.1, 0.15) is 43.7 Å². The Kier molecular flexibility index (Phi) is 5.96. The normalized spacial score (nSPS) is 16.0. The number of anilines is 2. The average Bonchev–Trinajstić information content (AvgIpc) is 3.22. The van der Waals surface area contributed by atoms with Crippen molar-refractivity contribution in [2.24, 2.45) is 0 Å². The van der Waals surface area contributed by atoms with E-state index in [1.165, 1.54) is 47.1 Å². The van der Waals surface area contributed by atoms with Crippen LogP contribution in [-0.4, -0.2) is 27.4 Å². The van der Waals surface area contributed by atoms with Gasteiger partial charge in [-0.15, -0.1) is 10.2 Å². The minimum atomic E-state index is -0.164. The van der Waals surface area contributed by atoms with Gasteiger partial charge in [-0.1, -0.05) is 53.6 Å². The van der Waals surface area contributed by atoms with E-state index in [-0.39, 0.29) is 11.2 Å². The van der Waals surface area contributed by atoms with Crippen LogP contribution in [0.4, 0.5) is 10.8 Å². The lowest BCUT2D eigenvalue weighted by atomic mass is 10.1. The van der Waals surface area contributed by atoms with E-state index >= 15 is 0 Å². The quantitative estimate of drug-likeness (QED) is 0.730. The highest BCUT2D eigenvalue weighted by Crippen LogP contribution is 2.31. The van der Waals surface area contributed by atoms with Gasteiger partial charge in [-0.05, 0) is 45.2 Å². The molecule has 25 heavy (non-hydrogen) atoms. The monoisotopic (exact) mass is 376 g/mol. The predicted octanol–water partition coefficient (Wildman–Crippen LogP) is 4.44. The van der Waals surface area contributed by atoms with Crippen molar-refractivity contribution in [1.29, 1.82) is 0 Å². The number of rotatable bonds is 6. The highest BCUT2D eigenvalue weighted by molar-refractivity contribution is 8.02. The van der Waals surface area contributed by atoms with Gasteiger partial charge in [0.2, 0.25) is 11.0 Å². The zero-order chi connectivity index (χ0) is 17.8. The van der Waals surface area contributed by atoms with Crippen molar-refractivity contribution in [3.05, 3.63) is 29.3 Å². The van der Waals surface area contributed by atoms with E-state index in [4.69, 9.17) is 0 Å². The number of aromatic nitrogens is 2. The summed E-state index contributed by atoms with van der Waals surface area (Å²) >= 11 is 2.94. The minimum absolute atomic E-state index is 0.0935. The molecule has 1 saturated carbocycles. The van der Waals surface area contributed by atoms with Crippen LogP contribution in [-0.2, 0) is 4.79 Å². The van der Waals surface area contributed by atoms with E-state index in [9.17, 15) is 4.79 Å². The largest absolute Gasteiger partial charge is 0.352 e. The van der Waals surface area contributed by atoms with Crippen LogP contribution in [0.5, 0.6) is 0 Å². The van der Waals surface area contributed by atoms with Crippen molar-refractivity contribution < 1.29 is 4.79 Å². The molecule has 2 N–H and O–H groups in total. The Labute approximate surface area is 157 Å². The molecule has 0 aliphatic heterocycles. The van der Waals surface area contributed by atoms with Gasteiger partial charge in [0.1, 0.15) is 0 Å². The van der Waals surface area contributed by atoms with Gasteiger partial charge in [-0.2, -0.15) is 0 Å². The molecule has 0 radical (unpaired) electrons. The van der Waals surface area contributed by atoms with Crippen LogP contribution in [0.2, 0.25) is 0 Å². The molecule has 5 nitrogen and oxygen atoms in total. The Hall–Kier alpha value is -1.60. The van der Waals surface area contributed by atoms with Crippen LogP contribution in [0, 0.1) is 13.8 Å². The van der Waals surface area contributed by atoms with Gasteiger partial charge in [-0.3, -0.25) is 4.79 Å². The summed E-state index contributed by atoms with van der Waals surface area (Å²) < 4.78 is 0.807. The smallest absolute Gasteiger partial charge is 0.233 e. The predicted molar refractivity (Wildman–Crippen MR) is 105 cm³/mol. The summed E-state index contributed by atoms with van der Waals surface area (Å²) in [5, 5.41) is 15.4. The lowest BCUT2D eigenvalue weighted by Gasteiger charge is -2.15. The molecular weight excluding hydrogens is 352 g/mol. The van der Waals surface area contributed by atoms with Gasteiger partial charge in [0, 0.05) is 11.7 Å². The molecule has 1 fully saturated rings. The Morgan fingerprint density at radius 1 is 1.28 bits per heavy atom. The molecule has 1 heterocycles. The van der Waals surface area contributed by atoms with Crippen LogP contribution < -0.4 is 10.6 Å². The van der Waals surface area contributed by atoms with Crippen LogP contribution in [0.3, 0.4) is 0 Å². The minimum Gasteiger partial charge on any atom is -0.352 e. The summed E-state index contributed by atoms with van der Waals surface area (Å²) in [6.45, 7) is 6.07. The first kappa shape index (κ1) is 18.2. The third kappa shape index (κ3) is 4.95. The summed E-state index contributed by atoms with van der Waals surface area (Å²) in [7, 11) is 0. The highest BCUT2D eigenvalue weighted by Gasteiger charge is 2.22. The molecular formula is C18H24N4OS2. The topological polar surface area (TPSA) is 66.9 Å². The maximum atomic E-state index is 12.3. The fourth-order valence-electron chi connectivity index (χ4n) is 2.97. The lowest BCUT2D eigenvalue weighted by molar-refractivity contribution is -0.120. The summed E-state index contributed by atoms with van der Waals surface area (Å²) in [6.07, 6.45) is 4.64. The SMILES string of the molecule is Cc1ccc(Nc2nnc(S[C@H](C)C(=O)NC3CCCC3)s2)c(C)c1. The van der Waals surface area contributed by atoms with E-state index in [0.717, 1.165) is 28.0 Å². The first-order valence-electron chi connectivity index (χ1n) is 8.66. The zero-order valence-corrected chi connectivity index (χ0v) is 16.5. The molecule has 2 aromatic rings. The Morgan fingerprint density at radius 3 is 2.76 bits per heavy atom. The second kappa shape index (κ2) is 8.19. The lowest BCUT2D eigenvalue weighted by Crippen LogP contribution is -2.37. The van der Waals surface area contributed by atoms with Gasteiger partial charge < -0.3 is 10.6 Å². The number of nitrogens with zero attached hydrogens (tertiary/aromatic N) is 2.